The summed E-state index contributed by atoms with van der Waals surface area (Å²) in [7, 11) is 4.24. The number of aromatic nitrogens is 3. The van der Waals surface area contributed by atoms with E-state index in [1.807, 2.05) is 0 Å². The van der Waals surface area contributed by atoms with E-state index in [4.69, 9.17) is 4.98 Å². The zero-order valence-corrected chi connectivity index (χ0v) is 12.8. The number of hydrogen-bond acceptors (Lipinski definition) is 1. The van der Waals surface area contributed by atoms with Crippen LogP contribution in [0, 0.1) is 13.8 Å². The summed E-state index contributed by atoms with van der Waals surface area (Å²) in [6.07, 6.45) is 0. The van der Waals surface area contributed by atoms with Gasteiger partial charge >= 0.3 is 5.65 Å². The van der Waals surface area contributed by atoms with Crippen molar-refractivity contribution in [3.05, 3.63) is 47.5 Å². The molecule has 0 N–H and O–H groups in total. The molecule has 0 spiro atoms. The molecule has 3 heteroatoms. The Hall–Kier alpha value is -2.42. The summed E-state index contributed by atoms with van der Waals surface area (Å²) < 4.78 is 4.48. The molecular formula is C18H18N3+. The van der Waals surface area contributed by atoms with Gasteiger partial charge in [0.15, 0.2) is 11.0 Å². The first kappa shape index (κ1) is 12.3. The summed E-state index contributed by atoms with van der Waals surface area (Å²) in [4.78, 5) is 4.95. The molecule has 0 amide bonds. The quantitative estimate of drug-likeness (QED) is 0.451. The van der Waals surface area contributed by atoms with Crippen LogP contribution in [0.3, 0.4) is 0 Å². The van der Waals surface area contributed by atoms with E-state index in [9.17, 15) is 0 Å². The summed E-state index contributed by atoms with van der Waals surface area (Å²) >= 11 is 0. The summed E-state index contributed by atoms with van der Waals surface area (Å²) in [5.74, 6) is 0. The van der Waals surface area contributed by atoms with Gasteiger partial charge in [0.2, 0.25) is 0 Å². The monoisotopic (exact) mass is 276 g/mol. The first-order valence-electron chi connectivity index (χ1n) is 7.22. The van der Waals surface area contributed by atoms with E-state index in [0.717, 1.165) is 16.7 Å². The van der Waals surface area contributed by atoms with Crippen LogP contribution in [-0.4, -0.2) is 9.55 Å². The number of hydrogen-bond donors (Lipinski definition) is 0. The lowest BCUT2D eigenvalue weighted by molar-refractivity contribution is -0.620. The number of fused-ring (bicyclic) bond motifs is 4. The van der Waals surface area contributed by atoms with Gasteiger partial charge in [-0.05, 0) is 49.2 Å². The third-order valence-electron chi connectivity index (χ3n) is 4.55. The lowest BCUT2D eigenvalue weighted by Gasteiger charge is -2.05. The number of rotatable bonds is 0. The Morgan fingerprint density at radius 2 is 1.76 bits per heavy atom. The van der Waals surface area contributed by atoms with E-state index in [0.29, 0.717) is 0 Å². The SMILES string of the molecule is Cc1cc2nc3c4ccccc4n(C)c3[n+](C)c2cc1C. The average molecular weight is 276 g/mol. The lowest BCUT2D eigenvalue weighted by Crippen LogP contribution is -2.32. The molecule has 0 aliphatic carbocycles. The van der Waals surface area contributed by atoms with Gasteiger partial charge in [-0.2, -0.15) is 0 Å². The minimum atomic E-state index is 1.06. The Morgan fingerprint density at radius 3 is 2.57 bits per heavy atom. The third kappa shape index (κ3) is 1.54. The molecule has 21 heavy (non-hydrogen) atoms. The smallest absolute Gasteiger partial charge is 0.235 e. The standard InChI is InChI=1S/C18H18N3/c1-11-9-14-16(10-12(11)2)21(4)18-17(19-14)13-7-5-6-8-15(13)20(18)3/h5-10H,1-4H3/q+1. The van der Waals surface area contributed by atoms with Gasteiger partial charge in [-0.1, -0.05) is 12.1 Å². The summed E-state index contributed by atoms with van der Waals surface area (Å²) in [6, 6.07) is 12.9. The van der Waals surface area contributed by atoms with Gasteiger partial charge in [0.25, 0.3) is 0 Å². The van der Waals surface area contributed by atoms with Crippen LogP contribution in [0.1, 0.15) is 11.1 Å². The average Bonchev–Trinajstić information content (AvgIpc) is 2.76. The first-order valence-corrected chi connectivity index (χ1v) is 7.22. The van der Waals surface area contributed by atoms with Crippen LogP contribution in [0.5, 0.6) is 0 Å². The second-order valence-electron chi connectivity index (χ2n) is 5.84. The Morgan fingerprint density at radius 1 is 1.05 bits per heavy atom. The van der Waals surface area contributed by atoms with Gasteiger partial charge in [0.1, 0.15) is 11.0 Å². The second-order valence-corrected chi connectivity index (χ2v) is 5.84. The first-order chi connectivity index (χ1) is 10.1. The highest BCUT2D eigenvalue weighted by molar-refractivity contribution is 6.04. The summed E-state index contributed by atoms with van der Waals surface area (Å²) in [6.45, 7) is 4.30. The summed E-state index contributed by atoms with van der Waals surface area (Å²) in [5.41, 5.74) is 8.28. The maximum absolute atomic E-state index is 4.95. The molecule has 0 bridgehead atoms. The maximum atomic E-state index is 4.95. The second kappa shape index (κ2) is 4.04. The number of para-hydroxylation sites is 1. The van der Waals surface area contributed by atoms with Crippen LogP contribution in [0.15, 0.2) is 36.4 Å². The molecule has 0 aliphatic rings. The molecule has 0 aliphatic heterocycles. The predicted octanol–water partition coefficient (Wildman–Crippen LogP) is 3.32. The van der Waals surface area contributed by atoms with Crippen molar-refractivity contribution in [3.63, 3.8) is 0 Å². The molecule has 0 saturated carbocycles. The van der Waals surface area contributed by atoms with Gasteiger partial charge in [0.05, 0.1) is 19.5 Å². The van der Waals surface area contributed by atoms with Crippen molar-refractivity contribution in [3.8, 4) is 0 Å². The number of aryl methyl sites for hydroxylation is 4. The Balaban J connectivity index is 2.32. The number of nitrogens with zero attached hydrogens (tertiary/aromatic N) is 3. The molecule has 0 radical (unpaired) electrons. The van der Waals surface area contributed by atoms with Crippen LogP contribution in [0.4, 0.5) is 0 Å². The van der Waals surface area contributed by atoms with Gasteiger partial charge in [-0.15, -0.1) is 0 Å². The largest absolute Gasteiger partial charge is 0.308 e. The molecule has 2 heterocycles. The molecule has 2 aromatic heterocycles. The van der Waals surface area contributed by atoms with Crippen LogP contribution in [0.25, 0.3) is 33.1 Å². The fourth-order valence-corrected chi connectivity index (χ4v) is 3.23. The highest BCUT2D eigenvalue weighted by atomic mass is 15.1. The van der Waals surface area contributed by atoms with E-state index in [1.165, 1.54) is 27.5 Å². The highest BCUT2D eigenvalue weighted by Gasteiger charge is 2.21. The molecule has 104 valence electrons. The minimum absolute atomic E-state index is 1.06. The van der Waals surface area contributed by atoms with Crippen LogP contribution in [-0.2, 0) is 14.1 Å². The zero-order chi connectivity index (χ0) is 14.7. The molecule has 0 saturated heterocycles. The zero-order valence-electron chi connectivity index (χ0n) is 12.8. The van der Waals surface area contributed by atoms with Gasteiger partial charge in [-0.3, -0.25) is 0 Å². The number of benzene rings is 2. The van der Waals surface area contributed by atoms with Crippen molar-refractivity contribution >= 4 is 33.1 Å². The van der Waals surface area contributed by atoms with Crippen molar-refractivity contribution in [1.82, 2.24) is 9.55 Å². The highest BCUT2D eigenvalue weighted by Crippen LogP contribution is 2.26. The summed E-state index contributed by atoms with van der Waals surface area (Å²) in [5, 5.41) is 1.21. The molecular weight excluding hydrogens is 258 g/mol. The van der Waals surface area contributed by atoms with Gasteiger partial charge in [0, 0.05) is 0 Å². The van der Waals surface area contributed by atoms with E-state index in [-0.39, 0.29) is 0 Å². The van der Waals surface area contributed by atoms with Crippen molar-refractivity contribution in [2.24, 2.45) is 14.1 Å². The van der Waals surface area contributed by atoms with E-state index >= 15 is 0 Å². The molecule has 0 atom stereocenters. The van der Waals surface area contributed by atoms with Crippen LogP contribution in [0.2, 0.25) is 0 Å². The van der Waals surface area contributed by atoms with Crippen molar-refractivity contribution < 1.29 is 4.57 Å². The minimum Gasteiger partial charge on any atom is -0.235 e. The lowest BCUT2D eigenvalue weighted by atomic mass is 10.1. The Bertz CT molecular complexity index is 1030. The third-order valence-corrected chi connectivity index (χ3v) is 4.55. The normalized spacial score (nSPS) is 11.8. The fraction of sp³-hybridized carbons (Fsp3) is 0.222. The Labute approximate surface area is 123 Å². The fourth-order valence-electron chi connectivity index (χ4n) is 3.23. The van der Waals surface area contributed by atoms with E-state index < -0.39 is 0 Å². The van der Waals surface area contributed by atoms with Gasteiger partial charge in [-0.25, -0.2) is 14.1 Å². The van der Waals surface area contributed by atoms with Crippen molar-refractivity contribution in [2.75, 3.05) is 0 Å². The van der Waals surface area contributed by atoms with Crippen molar-refractivity contribution in [2.45, 2.75) is 13.8 Å². The maximum Gasteiger partial charge on any atom is 0.308 e. The van der Waals surface area contributed by atoms with E-state index in [1.54, 1.807) is 0 Å². The molecule has 2 aromatic carbocycles. The molecule has 3 nitrogen and oxygen atoms in total. The Kier molecular flexibility index (Phi) is 2.37. The topological polar surface area (TPSA) is 21.7 Å². The van der Waals surface area contributed by atoms with E-state index in [2.05, 4.69) is 73.5 Å². The van der Waals surface area contributed by atoms with Crippen LogP contribution < -0.4 is 4.57 Å². The molecule has 4 aromatic rings. The molecule has 0 fully saturated rings. The molecule has 0 unspecified atom stereocenters. The van der Waals surface area contributed by atoms with Crippen LogP contribution >= 0.6 is 0 Å². The van der Waals surface area contributed by atoms with Crippen molar-refractivity contribution in [1.29, 1.82) is 0 Å². The predicted molar refractivity (Wildman–Crippen MR) is 86.4 cm³/mol. The van der Waals surface area contributed by atoms with Gasteiger partial charge < -0.3 is 0 Å². The molecule has 4 rings (SSSR count).